The molecule has 0 heteroatoms. The molecule has 1 aliphatic rings. The van der Waals surface area contributed by atoms with Crippen molar-refractivity contribution in [2.45, 2.75) is 65.2 Å². The van der Waals surface area contributed by atoms with Crippen LogP contribution in [0.5, 0.6) is 0 Å². The minimum Gasteiger partial charge on any atom is -0.0642 e. The molecule has 0 saturated heterocycles. The highest BCUT2D eigenvalue weighted by Crippen LogP contribution is 2.54. The van der Waals surface area contributed by atoms with Gasteiger partial charge in [0, 0.05) is 5.41 Å². The van der Waals surface area contributed by atoms with Crippen molar-refractivity contribution in [3.8, 4) is 33.4 Å². The third-order valence-corrected chi connectivity index (χ3v) is 10.7. The van der Waals surface area contributed by atoms with Gasteiger partial charge in [0.25, 0.3) is 0 Å². The van der Waals surface area contributed by atoms with Crippen LogP contribution in [0.4, 0.5) is 0 Å². The Morgan fingerprint density at radius 3 is 1.66 bits per heavy atom. The van der Waals surface area contributed by atoms with E-state index < -0.39 is 0 Å². The molecular formula is C44H40. The van der Waals surface area contributed by atoms with Crippen molar-refractivity contribution in [3.63, 3.8) is 0 Å². The van der Waals surface area contributed by atoms with Crippen molar-refractivity contribution in [1.82, 2.24) is 0 Å². The summed E-state index contributed by atoms with van der Waals surface area (Å²) in [6.07, 6.45) is 2.16. The SMILES string of the molecule is CCC1(CC)c2cc(-c3ccc(C)cc3)ccc2-c2ccc(-c3ccc4ccc5cc(C(C)(C)C)cc6ccc3c4c56)cc21. The van der Waals surface area contributed by atoms with Crippen LogP contribution in [0.2, 0.25) is 0 Å². The fourth-order valence-electron chi connectivity index (χ4n) is 8.10. The molecule has 1 aliphatic carbocycles. The number of hydrogen-bond acceptors (Lipinski definition) is 0. The number of benzene rings is 7. The maximum Gasteiger partial charge on any atom is 0.0210 e. The van der Waals surface area contributed by atoms with Crippen LogP contribution in [0, 0.1) is 6.92 Å². The molecule has 0 bridgehead atoms. The summed E-state index contributed by atoms with van der Waals surface area (Å²) in [5, 5.41) is 8.13. The van der Waals surface area contributed by atoms with E-state index in [1.165, 1.54) is 88.0 Å². The fourth-order valence-corrected chi connectivity index (χ4v) is 8.10. The van der Waals surface area contributed by atoms with E-state index in [0.29, 0.717) is 0 Å². The van der Waals surface area contributed by atoms with Gasteiger partial charge in [-0.05, 0) is 120 Å². The first kappa shape index (κ1) is 27.2. The van der Waals surface area contributed by atoms with Gasteiger partial charge in [-0.1, -0.05) is 137 Å². The van der Waals surface area contributed by atoms with E-state index >= 15 is 0 Å². The van der Waals surface area contributed by atoms with Gasteiger partial charge in [0.1, 0.15) is 0 Å². The van der Waals surface area contributed by atoms with Crippen LogP contribution >= 0.6 is 0 Å². The van der Waals surface area contributed by atoms with Crippen molar-refractivity contribution < 1.29 is 0 Å². The van der Waals surface area contributed by atoms with Crippen LogP contribution in [-0.4, -0.2) is 0 Å². The predicted octanol–water partition coefficient (Wildman–Crippen LogP) is 12.6. The van der Waals surface area contributed by atoms with Gasteiger partial charge in [-0.3, -0.25) is 0 Å². The Hall–Kier alpha value is -4.42. The van der Waals surface area contributed by atoms with Gasteiger partial charge in [-0.2, -0.15) is 0 Å². The Bertz CT molecular complexity index is 2200. The number of hydrogen-bond donors (Lipinski definition) is 0. The largest absolute Gasteiger partial charge is 0.0642 e. The molecular weight excluding hydrogens is 528 g/mol. The normalized spacial score (nSPS) is 14.0. The maximum atomic E-state index is 2.53. The van der Waals surface area contributed by atoms with Crippen molar-refractivity contribution in [3.05, 3.63) is 131 Å². The summed E-state index contributed by atoms with van der Waals surface area (Å²) in [6, 6.07) is 42.2. The molecule has 0 atom stereocenters. The standard InChI is InChI=1S/C44H40/c1-7-44(8-2)39-25-30(28-11-9-27(3)10-12-28)16-20-36(39)37-21-17-31(26-40(37)44)35-19-15-29-13-14-32-23-34(43(4,5)6)24-33-18-22-38(35)42(29)41(32)33/h9-26H,7-8H2,1-6H3. The fraction of sp³-hybridized carbons (Fsp3) is 0.227. The first-order valence-electron chi connectivity index (χ1n) is 16.3. The zero-order valence-corrected chi connectivity index (χ0v) is 26.8. The van der Waals surface area contributed by atoms with Gasteiger partial charge >= 0.3 is 0 Å². The summed E-state index contributed by atoms with van der Waals surface area (Å²) in [5.41, 5.74) is 13.8. The lowest BCUT2D eigenvalue weighted by Crippen LogP contribution is -2.23. The molecule has 7 aromatic carbocycles. The van der Waals surface area contributed by atoms with Crippen molar-refractivity contribution in [1.29, 1.82) is 0 Å². The van der Waals surface area contributed by atoms with E-state index in [-0.39, 0.29) is 10.8 Å². The van der Waals surface area contributed by atoms with Crippen molar-refractivity contribution in [2.24, 2.45) is 0 Å². The van der Waals surface area contributed by atoms with Gasteiger partial charge in [0.2, 0.25) is 0 Å². The van der Waals surface area contributed by atoms with Gasteiger partial charge < -0.3 is 0 Å². The zero-order valence-electron chi connectivity index (χ0n) is 26.8. The third-order valence-electron chi connectivity index (χ3n) is 10.7. The van der Waals surface area contributed by atoms with E-state index in [1.807, 2.05) is 0 Å². The molecule has 0 fully saturated rings. The Labute approximate surface area is 261 Å². The molecule has 8 rings (SSSR count). The minimum atomic E-state index is 0.00846. The second-order valence-corrected chi connectivity index (χ2v) is 14.1. The smallest absolute Gasteiger partial charge is 0.0210 e. The Balaban J connectivity index is 1.31. The predicted molar refractivity (Wildman–Crippen MR) is 191 cm³/mol. The quantitative estimate of drug-likeness (QED) is 0.185. The topological polar surface area (TPSA) is 0 Å². The summed E-state index contributed by atoms with van der Waals surface area (Å²) in [6.45, 7) is 13.8. The molecule has 0 radical (unpaired) electrons. The van der Waals surface area contributed by atoms with E-state index in [1.54, 1.807) is 0 Å². The Kier molecular flexibility index (Phi) is 5.89. The third kappa shape index (κ3) is 3.83. The molecule has 7 aromatic rings. The molecule has 0 amide bonds. The number of aryl methyl sites for hydroxylation is 1. The minimum absolute atomic E-state index is 0.00846. The van der Waals surface area contributed by atoms with E-state index in [9.17, 15) is 0 Å². The summed E-state index contributed by atoms with van der Waals surface area (Å²) in [5.74, 6) is 0. The molecule has 0 N–H and O–H groups in total. The lowest BCUT2D eigenvalue weighted by Gasteiger charge is -2.30. The monoisotopic (exact) mass is 568 g/mol. The van der Waals surface area contributed by atoms with Gasteiger partial charge in [-0.25, -0.2) is 0 Å². The molecule has 44 heavy (non-hydrogen) atoms. The van der Waals surface area contributed by atoms with Crippen LogP contribution < -0.4 is 0 Å². The van der Waals surface area contributed by atoms with Gasteiger partial charge in [0.15, 0.2) is 0 Å². The molecule has 0 saturated carbocycles. The van der Waals surface area contributed by atoms with Crippen LogP contribution in [0.15, 0.2) is 109 Å². The molecule has 0 aromatic heterocycles. The Morgan fingerprint density at radius 2 is 1.02 bits per heavy atom. The summed E-state index contributed by atoms with van der Waals surface area (Å²) in [7, 11) is 0. The molecule has 0 nitrogen and oxygen atoms in total. The second-order valence-electron chi connectivity index (χ2n) is 14.1. The molecule has 0 heterocycles. The van der Waals surface area contributed by atoms with E-state index in [4.69, 9.17) is 0 Å². The van der Waals surface area contributed by atoms with E-state index in [2.05, 4.69) is 151 Å². The average Bonchev–Trinajstić information content (AvgIpc) is 3.31. The lowest BCUT2D eigenvalue weighted by molar-refractivity contribution is 0.491. The number of rotatable bonds is 4. The van der Waals surface area contributed by atoms with Crippen LogP contribution in [0.1, 0.15) is 69.7 Å². The molecule has 0 spiro atoms. The van der Waals surface area contributed by atoms with Gasteiger partial charge in [0.05, 0.1) is 0 Å². The lowest BCUT2D eigenvalue weighted by atomic mass is 9.73. The average molecular weight is 569 g/mol. The highest BCUT2D eigenvalue weighted by atomic mass is 14.4. The first-order chi connectivity index (χ1) is 21.2. The van der Waals surface area contributed by atoms with Gasteiger partial charge in [-0.15, -0.1) is 0 Å². The van der Waals surface area contributed by atoms with Crippen molar-refractivity contribution in [2.75, 3.05) is 0 Å². The summed E-state index contributed by atoms with van der Waals surface area (Å²) in [4.78, 5) is 0. The summed E-state index contributed by atoms with van der Waals surface area (Å²) < 4.78 is 0. The van der Waals surface area contributed by atoms with E-state index in [0.717, 1.165) is 12.8 Å². The van der Waals surface area contributed by atoms with Crippen molar-refractivity contribution >= 4 is 32.3 Å². The maximum absolute atomic E-state index is 2.53. The molecule has 0 aliphatic heterocycles. The number of fused-ring (bicyclic) bond motifs is 3. The molecule has 0 unspecified atom stereocenters. The summed E-state index contributed by atoms with van der Waals surface area (Å²) >= 11 is 0. The first-order valence-corrected chi connectivity index (χ1v) is 16.3. The Morgan fingerprint density at radius 1 is 0.500 bits per heavy atom. The second kappa shape index (κ2) is 9.54. The van der Waals surface area contributed by atoms with Crippen LogP contribution in [0.3, 0.4) is 0 Å². The zero-order chi connectivity index (χ0) is 30.4. The van der Waals surface area contributed by atoms with Crippen LogP contribution in [-0.2, 0) is 10.8 Å². The highest BCUT2D eigenvalue weighted by molar-refractivity contribution is 6.25. The highest BCUT2D eigenvalue weighted by Gasteiger charge is 2.41. The van der Waals surface area contributed by atoms with Crippen LogP contribution in [0.25, 0.3) is 65.7 Å². The molecule has 216 valence electrons.